The van der Waals surface area contributed by atoms with E-state index in [-0.39, 0.29) is 27.0 Å². The molecule has 0 saturated carbocycles. The van der Waals surface area contributed by atoms with Crippen molar-refractivity contribution in [2.24, 2.45) is 0 Å². The first-order valence-corrected chi connectivity index (χ1v) is 13.7. The van der Waals surface area contributed by atoms with Crippen molar-refractivity contribution in [2.75, 3.05) is 38.1 Å². The van der Waals surface area contributed by atoms with Gasteiger partial charge in [-0.25, -0.2) is 17.8 Å². The molecule has 14 heteroatoms. The first-order valence-electron chi connectivity index (χ1n) is 11.8. The zero-order valence-electron chi connectivity index (χ0n) is 20.6. The van der Waals surface area contributed by atoms with E-state index in [2.05, 4.69) is 48.1 Å². The van der Waals surface area contributed by atoms with Gasteiger partial charge in [0.15, 0.2) is 11.3 Å². The predicted octanol–water partition coefficient (Wildman–Crippen LogP) is 3.07. The van der Waals surface area contributed by atoms with Crippen LogP contribution in [0.2, 0.25) is 5.02 Å². The zero-order valence-corrected chi connectivity index (χ0v) is 22.2. The van der Waals surface area contributed by atoms with Gasteiger partial charge in [0.25, 0.3) is 0 Å². The minimum Gasteiger partial charge on any atom is -0.424 e. The van der Waals surface area contributed by atoms with Gasteiger partial charge in [-0.1, -0.05) is 22.8 Å². The highest BCUT2D eigenvalue weighted by Gasteiger charge is 2.29. The Labute approximate surface area is 219 Å². The summed E-state index contributed by atoms with van der Waals surface area (Å²) in [4.78, 5) is 4.41. The van der Waals surface area contributed by atoms with E-state index >= 15 is 0 Å². The fourth-order valence-electron chi connectivity index (χ4n) is 4.31. The van der Waals surface area contributed by atoms with E-state index in [0.29, 0.717) is 18.1 Å². The fraction of sp³-hybridized carbons (Fsp3) is 0.391. The Morgan fingerprint density at radius 2 is 1.92 bits per heavy atom. The third-order valence-corrected chi connectivity index (χ3v) is 8.32. The quantitative estimate of drug-likeness (QED) is 0.351. The lowest BCUT2D eigenvalue weighted by Gasteiger charge is -2.34. The molecule has 1 atom stereocenters. The largest absolute Gasteiger partial charge is 0.424 e. The molecular weight excluding hydrogens is 520 g/mol. The third kappa shape index (κ3) is 5.12. The Morgan fingerprint density at radius 3 is 2.68 bits per heavy atom. The molecule has 0 radical (unpaired) electrons. The van der Waals surface area contributed by atoms with Gasteiger partial charge in [-0.05, 0) is 55.5 Å². The van der Waals surface area contributed by atoms with Crippen LogP contribution >= 0.6 is 11.6 Å². The normalized spacial score (nSPS) is 15.8. The van der Waals surface area contributed by atoms with E-state index in [4.69, 9.17) is 21.0 Å². The molecule has 1 aliphatic rings. The topological polar surface area (TPSA) is 132 Å². The molecule has 0 bridgehead atoms. The number of aromatic nitrogens is 5. The SMILES string of the molecule is CCn1c(Oc2cccc(N3CCN(C)CC3)c2)nnc1[C@@H](C)NS(=O)(=O)c1c(Cl)ccc2nonc12. The fourth-order valence-corrected chi connectivity index (χ4v) is 6.18. The van der Waals surface area contributed by atoms with Crippen LogP contribution in [0.25, 0.3) is 11.0 Å². The highest BCUT2D eigenvalue weighted by atomic mass is 35.5. The van der Waals surface area contributed by atoms with Crippen LogP contribution in [-0.4, -0.2) is 71.6 Å². The van der Waals surface area contributed by atoms with Crippen LogP contribution < -0.4 is 14.4 Å². The van der Waals surface area contributed by atoms with Crippen LogP contribution in [0.4, 0.5) is 5.69 Å². The van der Waals surface area contributed by atoms with Crippen molar-refractivity contribution in [3.05, 3.63) is 47.2 Å². The van der Waals surface area contributed by atoms with Gasteiger partial charge in [0, 0.05) is 44.5 Å². The molecule has 5 rings (SSSR count). The molecule has 196 valence electrons. The van der Waals surface area contributed by atoms with E-state index in [1.807, 2.05) is 25.1 Å². The lowest BCUT2D eigenvalue weighted by molar-refractivity contribution is 0.312. The summed E-state index contributed by atoms with van der Waals surface area (Å²) in [5, 5.41) is 15.8. The maximum atomic E-state index is 13.3. The molecule has 4 aromatic rings. The summed E-state index contributed by atoms with van der Waals surface area (Å²) >= 11 is 6.22. The second kappa shape index (κ2) is 10.2. The van der Waals surface area contributed by atoms with E-state index in [1.165, 1.54) is 12.1 Å². The maximum Gasteiger partial charge on any atom is 0.322 e. The Hall–Kier alpha value is -3.26. The van der Waals surface area contributed by atoms with Crippen LogP contribution in [0.5, 0.6) is 11.8 Å². The molecule has 1 N–H and O–H groups in total. The molecule has 12 nitrogen and oxygen atoms in total. The summed E-state index contributed by atoms with van der Waals surface area (Å²) in [6.45, 7) is 7.91. The second-order valence-corrected chi connectivity index (χ2v) is 10.9. The van der Waals surface area contributed by atoms with Crippen LogP contribution in [0.1, 0.15) is 25.7 Å². The smallest absolute Gasteiger partial charge is 0.322 e. The molecule has 1 aliphatic heterocycles. The van der Waals surface area contributed by atoms with Gasteiger partial charge < -0.3 is 14.5 Å². The molecular formula is C23H27ClN8O4S. The highest BCUT2D eigenvalue weighted by molar-refractivity contribution is 7.89. The van der Waals surface area contributed by atoms with Crippen molar-refractivity contribution >= 4 is 38.3 Å². The standard InChI is InChI=1S/C23H27ClN8O4S/c1-4-32-22(15(2)29-37(33,34)21-18(24)8-9-19-20(21)28-36-27-19)25-26-23(32)35-17-7-5-6-16(14-17)31-12-10-30(3)11-13-31/h5-9,14-15,29H,4,10-13H2,1-3H3/t15-/m1/s1. The number of likely N-dealkylation sites (N-methyl/N-ethyl adjacent to an activating group) is 1. The minimum atomic E-state index is -4.11. The number of piperazine rings is 1. The second-order valence-electron chi connectivity index (χ2n) is 8.83. The average molecular weight is 547 g/mol. The van der Waals surface area contributed by atoms with Crippen molar-refractivity contribution in [3.8, 4) is 11.8 Å². The van der Waals surface area contributed by atoms with Crippen LogP contribution in [0, 0.1) is 0 Å². The van der Waals surface area contributed by atoms with Crippen LogP contribution in [0.3, 0.4) is 0 Å². The predicted molar refractivity (Wildman–Crippen MR) is 137 cm³/mol. The van der Waals surface area contributed by atoms with Gasteiger partial charge in [-0.3, -0.25) is 4.57 Å². The highest BCUT2D eigenvalue weighted by Crippen LogP contribution is 2.31. The number of ether oxygens (including phenoxy) is 1. The van der Waals surface area contributed by atoms with Crippen molar-refractivity contribution < 1.29 is 17.8 Å². The first-order chi connectivity index (χ1) is 17.8. The number of benzene rings is 2. The van der Waals surface area contributed by atoms with Gasteiger partial charge in [-0.15, -0.1) is 5.10 Å². The molecule has 0 amide bonds. The van der Waals surface area contributed by atoms with E-state index in [1.54, 1.807) is 11.5 Å². The number of anilines is 1. The number of hydrogen-bond acceptors (Lipinski definition) is 10. The first kappa shape index (κ1) is 25.4. The Balaban J connectivity index is 1.36. The summed E-state index contributed by atoms with van der Waals surface area (Å²) in [7, 11) is -1.99. The molecule has 3 heterocycles. The van der Waals surface area contributed by atoms with Gasteiger partial charge >= 0.3 is 6.01 Å². The summed E-state index contributed by atoms with van der Waals surface area (Å²) < 4.78 is 41.6. The van der Waals surface area contributed by atoms with Gasteiger partial charge in [0.1, 0.15) is 16.2 Å². The minimum absolute atomic E-state index is 0.00381. The number of fused-ring (bicyclic) bond motifs is 1. The Bertz CT molecular complexity index is 1510. The maximum absolute atomic E-state index is 13.3. The number of nitrogens with zero attached hydrogens (tertiary/aromatic N) is 7. The van der Waals surface area contributed by atoms with Gasteiger partial charge in [-0.2, -0.15) is 0 Å². The molecule has 1 fully saturated rings. The van der Waals surface area contributed by atoms with E-state index in [9.17, 15) is 8.42 Å². The number of sulfonamides is 1. The summed E-state index contributed by atoms with van der Waals surface area (Å²) in [6, 6.07) is 10.3. The Kier molecular flexibility index (Phi) is 7.03. The van der Waals surface area contributed by atoms with Crippen LogP contribution in [0.15, 0.2) is 45.9 Å². The summed E-state index contributed by atoms with van der Waals surface area (Å²) in [6.07, 6.45) is 0. The number of hydrogen-bond donors (Lipinski definition) is 1. The van der Waals surface area contributed by atoms with Crippen molar-refractivity contribution in [2.45, 2.75) is 31.3 Å². The third-order valence-electron chi connectivity index (χ3n) is 6.28. The average Bonchev–Trinajstić information content (AvgIpc) is 3.50. The molecule has 37 heavy (non-hydrogen) atoms. The Morgan fingerprint density at radius 1 is 1.14 bits per heavy atom. The lowest BCUT2D eigenvalue weighted by Crippen LogP contribution is -2.44. The molecule has 0 spiro atoms. The number of rotatable bonds is 8. The van der Waals surface area contributed by atoms with E-state index in [0.717, 1.165) is 31.9 Å². The molecule has 0 aliphatic carbocycles. The molecule has 0 unspecified atom stereocenters. The summed E-state index contributed by atoms with van der Waals surface area (Å²) in [5.41, 5.74) is 1.40. The zero-order chi connectivity index (χ0) is 26.2. The van der Waals surface area contributed by atoms with Crippen LogP contribution in [-0.2, 0) is 16.6 Å². The molecule has 1 saturated heterocycles. The number of halogens is 1. The van der Waals surface area contributed by atoms with Gasteiger partial charge in [0.2, 0.25) is 10.0 Å². The lowest BCUT2D eigenvalue weighted by atomic mass is 10.2. The van der Waals surface area contributed by atoms with E-state index < -0.39 is 16.1 Å². The van der Waals surface area contributed by atoms with Crippen molar-refractivity contribution in [3.63, 3.8) is 0 Å². The molecule has 2 aromatic heterocycles. The van der Waals surface area contributed by atoms with Crippen molar-refractivity contribution in [1.29, 1.82) is 0 Å². The monoisotopic (exact) mass is 546 g/mol. The van der Waals surface area contributed by atoms with Gasteiger partial charge in [0.05, 0.1) is 11.1 Å². The summed E-state index contributed by atoms with van der Waals surface area (Å²) in [5.74, 6) is 1.01. The number of nitrogens with one attached hydrogen (secondary N) is 1. The molecule has 2 aromatic carbocycles. The van der Waals surface area contributed by atoms with Crippen molar-refractivity contribution in [1.82, 2.24) is 34.7 Å².